The molecule has 1 aliphatic rings. The molecule has 0 atom stereocenters. The van der Waals surface area contributed by atoms with E-state index in [0.29, 0.717) is 12.3 Å². The van der Waals surface area contributed by atoms with Crippen LogP contribution in [0.2, 0.25) is 0 Å². The number of rotatable bonds is 4. The lowest BCUT2D eigenvalue weighted by Crippen LogP contribution is -2.41. The topological polar surface area (TPSA) is 41.9 Å². The van der Waals surface area contributed by atoms with E-state index >= 15 is 0 Å². The van der Waals surface area contributed by atoms with Crippen LogP contribution in [0.15, 0.2) is 71.7 Å². The summed E-state index contributed by atoms with van der Waals surface area (Å²) in [6.07, 6.45) is 0.958. The molecule has 3 aromatic rings. The zero-order valence-electron chi connectivity index (χ0n) is 15.8. The molecule has 0 spiro atoms. The summed E-state index contributed by atoms with van der Waals surface area (Å²) in [4.78, 5) is 19.3. The smallest absolute Gasteiger partial charge is 0.266 e. The van der Waals surface area contributed by atoms with E-state index in [1.165, 1.54) is 0 Å². The van der Waals surface area contributed by atoms with Crippen LogP contribution in [0.1, 0.15) is 12.0 Å². The maximum Gasteiger partial charge on any atom is 0.266 e. The minimum absolute atomic E-state index is 0.00565. The molecule has 0 radical (unpaired) electrons. The van der Waals surface area contributed by atoms with Gasteiger partial charge in [0.25, 0.3) is 5.91 Å². The lowest BCUT2D eigenvalue weighted by atomic mass is 10.1. The fourth-order valence-electron chi connectivity index (χ4n) is 3.16. The highest BCUT2D eigenvalue weighted by atomic mass is 32.2. The van der Waals surface area contributed by atoms with E-state index in [2.05, 4.69) is 6.07 Å². The van der Waals surface area contributed by atoms with Crippen molar-refractivity contribution >= 4 is 39.3 Å². The zero-order chi connectivity index (χ0) is 19.3. The molecule has 0 aliphatic carbocycles. The number of thioether (sulfide) groups is 1. The van der Waals surface area contributed by atoms with Gasteiger partial charge < -0.3 is 4.74 Å². The van der Waals surface area contributed by atoms with Crippen molar-refractivity contribution in [2.45, 2.75) is 13.3 Å². The minimum atomic E-state index is -0.0623. The number of fused-ring (bicyclic) bond motifs is 1. The third-order valence-corrected chi connectivity index (χ3v) is 5.77. The second kappa shape index (κ2) is 8.48. The molecular weight excluding hydrogens is 368 g/mol. The van der Waals surface area contributed by atoms with E-state index in [9.17, 15) is 4.79 Å². The summed E-state index contributed by atoms with van der Waals surface area (Å²) in [5.41, 5.74) is 2.00. The Balaban J connectivity index is 1.48. The molecule has 1 amide bonds. The molecule has 0 saturated carbocycles. The monoisotopic (exact) mass is 390 g/mol. The van der Waals surface area contributed by atoms with Crippen LogP contribution in [-0.4, -0.2) is 34.9 Å². The maximum absolute atomic E-state index is 12.8. The Bertz CT molecular complexity index is 1030. The number of nitrogens with zero attached hydrogens (tertiary/aromatic N) is 2. The highest BCUT2D eigenvalue weighted by Crippen LogP contribution is 2.25. The second-order valence-corrected chi connectivity index (χ2v) is 7.79. The van der Waals surface area contributed by atoms with Crippen molar-refractivity contribution in [2.24, 2.45) is 4.99 Å². The zero-order valence-corrected chi connectivity index (χ0v) is 16.6. The Hall–Kier alpha value is -2.79. The number of amides is 1. The third-order valence-electron chi connectivity index (χ3n) is 4.70. The van der Waals surface area contributed by atoms with Crippen LogP contribution in [-0.2, 0) is 4.79 Å². The average molecular weight is 391 g/mol. The molecular formula is C23H22N2O2S. The number of hydrogen-bond donors (Lipinski definition) is 0. The van der Waals surface area contributed by atoms with Crippen LogP contribution in [0.4, 0.5) is 5.69 Å². The van der Waals surface area contributed by atoms with Gasteiger partial charge in [-0.15, -0.1) is 0 Å². The van der Waals surface area contributed by atoms with E-state index in [-0.39, 0.29) is 12.5 Å². The van der Waals surface area contributed by atoms with Crippen molar-refractivity contribution in [1.82, 2.24) is 4.90 Å². The summed E-state index contributed by atoms with van der Waals surface area (Å²) in [5, 5.41) is 3.01. The number of hydrogen-bond acceptors (Lipinski definition) is 4. The number of aryl methyl sites for hydroxylation is 1. The molecule has 4 rings (SSSR count). The molecule has 5 heteroatoms. The highest BCUT2D eigenvalue weighted by molar-refractivity contribution is 8.13. The van der Waals surface area contributed by atoms with Gasteiger partial charge in [0.2, 0.25) is 0 Å². The molecule has 0 bridgehead atoms. The van der Waals surface area contributed by atoms with Gasteiger partial charge in [-0.25, -0.2) is 4.99 Å². The number of ether oxygens (including phenoxy) is 1. The van der Waals surface area contributed by atoms with E-state index in [1.807, 2.05) is 67.6 Å². The molecule has 0 aromatic heterocycles. The summed E-state index contributed by atoms with van der Waals surface area (Å²) in [7, 11) is 0. The van der Waals surface area contributed by atoms with E-state index in [0.717, 1.165) is 39.4 Å². The van der Waals surface area contributed by atoms with Crippen LogP contribution >= 0.6 is 11.8 Å². The predicted octanol–water partition coefficient (Wildman–Crippen LogP) is 5.18. The van der Waals surface area contributed by atoms with Gasteiger partial charge in [-0.3, -0.25) is 9.69 Å². The molecule has 1 saturated heterocycles. The Kier molecular flexibility index (Phi) is 5.63. The number of aliphatic imine (C=N–C) groups is 1. The van der Waals surface area contributed by atoms with E-state index < -0.39 is 0 Å². The van der Waals surface area contributed by atoms with Crippen LogP contribution in [0.3, 0.4) is 0 Å². The van der Waals surface area contributed by atoms with Crippen molar-refractivity contribution in [3.8, 4) is 5.75 Å². The van der Waals surface area contributed by atoms with E-state index in [1.54, 1.807) is 16.7 Å². The summed E-state index contributed by atoms with van der Waals surface area (Å²) in [5.74, 6) is 1.61. The first-order valence-corrected chi connectivity index (χ1v) is 10.4. The fraction of sp³-hybridized carbons (Fsp3) is 0.217. The van der Waals surface area contributed by atoms with Crippen molar-refractivity contribution in [3.63, 3.8) is 0 Å². The first kappa shape index (κ1) is 18.6. The SMILES string of the molecule is Cc1ccccc1N=C1SCCCN1C(=O)COc1ccc2ccccc2c1. The van der Waals surface area contributed by atoms with Gasteiger partial charge in [0.15, 0.2) is 11.8 Å². The van der Waals surface area contributed by atoms with Crippen LogP contribution in [0, 0.1) is 6.92 Å². The normalized spacial score (nSPS) is 15.8. The molecule has 0 unspecified atom stereocenters. The number of para-hydroxylation sites is 1. The van der Waals surface area contributed by atoms with Crippen molar-refractivity contribution < 1.29 is 9.53 Å². The molecule has 3 aromatic carbocycles. The van der Waals surface area contributed by atoms with Crippen molar-refractivity contribution in [1.29, 1.82) is 0 Å². The molecule has 4 nitrogen and oxygen atoms in total. The lowest BCUT2D eigenvalue weighted by molar-refractivity contribution is -0.129. The van der Waals surface area contributed by atoms with Crippen molar-refractivity contribution in [3.05, 3.63) is 72.3 Å². The molecule has 1 heterocycles. The molecule has 1 aliphatic heterocycles. The van der Waals surface area contributed by atoms with Crippen LogP contribution in [0.25, 0.3) is 10.8 Å². The third kappa shape index (κ3) is 4.20. The highest BCUT2D eigenvalue weighted by Gasteiger charge is 2.24. The molecule has 28 heavy (non-hydrogen) atoms. The van der Waals surface area contributed by atoms with Gasteiger partial charge in [-0.05, 0) is 47.9 Å². The van der Waals surface area contributed by atoms with Crippen LogP contribution < -0.4 is 4.74 Å². The van der Waals surface area contributed by atoms with Gasteiger partial charge in [0.05, 0.1) is 5.69 Å². The summed E-state index contributed by atoms with van der Waals surface area (Å²) in [6, 6.07) is 22.0. The number of amidine groups is 1. The minimum Gasteiger partial charge on any atom is -0.484 e. The van der Waals surface area contributed by atoms with E-state index in [4.69, 9.17) is 9.73 Å². The van der Waals surface area contributed by atoms with Crippen molar-refractivity contribution in [2.75, 3.05) is 18.9 Å². The average Bonchev–Trinajstić information content (AvgIpc) is 2.74. The Morgan fingerprint density at radius 3 is 2.71 bits per heavy atom. The molecule has 142 valence electrons. The standard InChI is InChI=1S/C23H22N2O2S/c1-17-7-2-5-10-21(17)24-23-25(13-6-14-28-23)22(26)16-27-20-12-11-18-8-3-4-9-19(18)15-20/h2-5,7-12,15H,6,13-14,16H2,1H3. The first-order valence-electron chi connectivity index (χ1n) is 9.40. The number of carbonyl (C=O) groups is 1. The fourth-order valence-corrected chi connectivity index (χ4v) is 4.12. The second-order valence-electron chi connectivity index (χ2n) is 6.73. The van der Waals surface area contributed by atoms with Crippen LogP contribution in [0.5, 0.6) is 5.75 Å². The number of carbonyl (C=O) groups excluding carboxylic acids is 1. The molecule has 0 N–H and O–H groups in total. The Labute approximate surface area is 169 Å². The predicted molar refractivity (Wildman–Crippen MR) is 117 cm³/mol. The maximum atomic E-state index is 12.8. The number of benzene rings is 3. The lowest BCUT2D eigenvalue weighted by Gasteiger charge is -2.27. The Morgan fingerprint density at radius 1 is 1.07 bits per heavy atom. The first-order chi connectivity index (χ1) is 13.7. The largest absolute Gasteiger partial charge is 0.484 e. The summed E-state index contributed by atoms with van der Waals surface area (Å²) >= 11 is 1.63. The Morgan fingerprint density at radius 2 is 1.86 bits per heavy atom. The summed E-state index contributed by atoms with van der Waals surface area (Å²) < 4.78 is 5.80. The van der Waals surface area contributed by atoms with Gasteiger partial charge in [-0.1, -0.05) is 60.3 Å². The van der Waals surface area contributed by atoms with Gasteiger partial charge in [-0.2, -0.15) is 0 Å². The summed E-state index contributed by atoms with van der Waals surface area (Å²) in [6.45, 7) is 2.71. The van der Waals surface area contributed by atoms with Gasteiger partial charge in [0, 0.05) is 12.3 Å². The van der Waals surface area contributed by atoms with Gasteiger partial charge >= 0.3 is 0 Å². The van der Waals surface area contributed by atoms with Gasteiger partial charge in [0.1, 0.15) is 5.75 Å². The molecule has 1 fully saturated rings. The quantitative estimate of drug-likeness (QED) is 0.616.